The van der Waals surface area contributed by atoms with E-state index in [1.807, 2.05) is 24.3 Å². The quantitative estimate of drug-likeness (QED) is 0.0150. The maximum absolute atomic E-state index is 12.6. The SMILES string of the molecule is CC/C=C\C/C=C\C/C=C\C/C=C\C=C/C(O)C/C=C\CCC(=O)O[C@H](COC(=O)CCC/C=C\C/C=C\C/C=C\CCCCCCCC)COP(=O)(O)OC[C@H](N)C(=O)O. The zero-order valence-electron chi connectivity index (χ0n) is 36.8. The van der Waals surface area contributed by atoms with Crippen LogP contribution in [-0.4, -0.2) is 71.1 Å². The number of aliphatic carboxylic acids is 1. The Bertz CT molecular complexity index is 1460. The first-order valence-electron chi connectivity index (χ1n) is 22.0. The topological polar surface area (TPSA) is 192 Å². The van der Waals surface area contributed by atoms with Crippen LogP contribution in [0.4, 0.5) is 0 Å². The molecule has 61 heavy (non-hydrogen) atoms. The lowest BCUT2D eigenvalue weighted by Gasteiger charge is -2.20. The second-order valence-corrected chi connectivity index (χ2v) is 15.7. The summed E-state index contributed by atoms with van der Waals surface area (Å²) >= 11 is 0. The van der Waals surface area contributed by atoms with Gasteiger partial charge in [-0.3, -0.25) is 23.4 Å². The molecular formula is C48H76NO11P. The Balaban J connectivity index is 4.68. The molecule has 0 spiro atoms. The molecule has 5 N–H and O–H groups in total. The molecule has 0 heterocycles. The van der Waals surface area contributed by atoms with Crippen molar-refractivity contribution in [3.8, 4) is 0 Å². The molecule has 13 heteroatoms. The first-order chi connectivity index (χ1) is 29.5. The molecule has 0 amide bonds. The van der Waals surface area contributed by atoms with Gasteiger partial charge < -0.3 is 30.3 Å². The van der Waals surface area contributed by atoms with E-state index in [1.165, 1.54) is 38.5 Å². The molecular weight excluding hydrogens is 797 g/mol. The van der Waals surface area contributed by atoms with Crippen molar-refractivity contribution < 1.29 is 52.6 Å². The van der Waals surface area contributed by atoms with Crippen molar-refractivity contribution in [1.29, 1.82) is 0 Å². The van der Waals surface area contributed by atoms with Gasteiger partial charge in [0.05, 0.1) is 19.3 Å². The number of unbranched alkanes of at least 4 members (excludes halogenated alkanes) is 7. The number of carbonyl (C=O) groups is 3. The molecule has 2 unspecified atom stereocenters. The molecule has 12 nitrogen and oxygen atoms in total. The Morgan fingerprint density at radius 1 is 0.607 bits per heavy atom. The fourth-order valence-electron chi connectivity index (χ4n) is 5.13. The van der Waals surface area contributed by atoms with Gasteiger partial charge in [0, 0.05) is 12.8 Å². The Morgan fingerprint density at radius 2 is 1.15 bits per heavy atom. The third-order valence-corrected chi connectivity index (χ3v) is 9.55. The van der Waals surface area contributed by atoms with Crippen LogP contribution in [0, 0.1) is 0 Å². The van der Waals surface area contributed by atoms with Crippen LogP contribution in [0.2, 0.25) is 0 Å². The molecule has 4 atom stereocenters. The largest absolute Gasteiger partial charge is 0.480 e. The number of carbonyl (C=O) groups excluding carboxylic acids is 2. The summed E-state index contributed by atoms with van der Waals surface area (Å²) in [4.78, 5) is 45.9. The van der Waals surface area contributed by atoms with Gasteiger partial charge in [0.15, 0.2) is 6.10 Å². The molecule has 0 saturated heterocycles. The van der Waals surface area contributed by atoms with Crippen LogP contribution >= 0.6 is 7.82 Å². The van der Waals surface area contributed by atoms with Gasteiger partial charge >= 0.3 is 25.7 Å². The van der Waals surface area contributed by atoms with E-state index in [1.54, 1.807) is 24.3 Å². The molecule has 0 aliphatic rings. The van der Waals surface area contributed by atoms with E-state index in [0.717, 1.165) is 44.9 Å². The first-order valence-corrected chi connectivity index (χ1v) is 23.5. The molecule has 0 fully saturated rings. The molecule has 0 bridgehead atoms. The number of ether oxygens (including phenoxy) is 2. The third-order valence-electron chi connectivity index (χ3n) is 8.60. The van der Waals surface area contributed by atoms with Gasteiger partial charge in [-0.05, 0) is 77.0 Å². The third kappa shape index (κ3) is 41.2. The molecule has 0 aromatic rings. The van der Waals surface area contributed by atoms with E-state index < -0.39 is 63.8 Å². The van der Waals surface area contributed by atoms with Crippen molar-refractivity contribution in [1.82, 2.24) is 0 Å². The standard InChI is InChI=1S/C48H76NO11P/c1-3-5-7-9-11-13-15-17-18-19-20-22-24-26-28-30-34-38-46(51)57-40-44(41-58-61(55,56)59-42-45(49)48(53)54)60-47(52)39-35-31-33-37-43(50)36-32-29-27-25-23-21-16-14-12-10-8-6-4-2/h6,8,12,14,17-18,20-23,26-29,31-33,36,43-45,50H,3-5,7,9-11,13,15-16,19,24-25,30,34-35,37-42,49H2,1-2H3,(H,53,54)(H,55,56)/b8-6-,14-12-,18-17-,22-20-,23-21-,28-26-,29-27-,33-31-,36-32-/t43?,44-,45+/m1/s1. The van der Waals surface area contributed by atoms with Crippen LogP contribution < -0.4 is 5.73 Å². The zero-order chi connectivity index (χ0) is 45.1. The molecule has 0 rings (SSSR count). The van der Waals surface area contributed by atoms with Gasteiger partial charge in [-0.25, -0.2) is 4.57 Å². The summed E-state index contributed by atoms with van der Waals surface area (Å²) in [6.45, 7) is 2.43. The van der Waals surface area contributed by atoms with E-state index in [4.69, 9.17) is 24.8 Å². The summed E-state index contributed by atoms with van der Waals surface area (Å²) in [5.41, 5.74) is 5.32. The highest BCUT2D eigenvalue weighted by molar-refractivity contribution is 7.47. The smallest absolute Gasteiger partial charge is 0.472 e. The van der Waals surface area contributed by atoms with Crippen LogP contribution in [-0.2, 0) is 37.5 Å². The Hall–Kier alpha value is -3.90. The van der Waals surface area contributed by atoms with E-state index in [-0.39, 0.29) is 19.3 Å². The van der Waals surface area contributed by atoms with Crippen LogP contribution in [0.15, 0.2) is 109 Å². The average Bonchev–Trinajstić information content (AvgIpc) is 3.23. The highest BCUT2D eigenvalue weighted by Gasteiger charge is 2.28. The lowest BCUT2D eigenvalue weighted by Crippen LogP contribution is -2.34. The van der Waals surface area contributed by atoms with Gasteiger partial charge in [0.25, 0.3) is 0 Å². The van der Waals surface area contributed by atoms with Crippen molar-refractivity contribution in [3.05, 3.63) is 109 Å². The van der Waals surface area contributed by atoms with Crippen LogP contribution in [0.1, 0.15) is 136 Å². The summed E-state index contributed by atoms with van der Waals surface area (Å²) in [7, 11) is -4.78. The fourth-order valence-corrected chi connectivity index (χ4v) is 5.91. The minimum absolute atomic E-state index is 0.0624. The number of carboxylic acid groups (broad SMARTS) is 1. The molecule has 0 aromatic carbocycles. The second-order valence-electron chi connectivity index (χ2n) is 14.3. The maximum atomic E-state index is 12.6. The second kappa shape index (κ2) is 41.5. The lowest BCUT2D eigenvalue weighted by molar-refractivity contribution is -0.161. The van der Waals surface area contributed by atoms with Crippen molar-refractivity contribution in [2.75, 3.05) is 19.8 Å². The lowest BCUT2D eigenvalue weighted by atomic mass is 10.1. The first kappa shape index (κ1) is 57.1. The molecule has 0 radical (unpaired) electrons. The van der Waals surface area contributed by atoms with Crippen LogP contribution in [0.25, 0.3) is 0 Å². The number of carboxylic acids is 1. The summed E-state index contributed by atoms with van der Waals surface area (Å²) in [6.07, 6.45) is 50.5. The number of allylic oxidation sites excluding steroid dienone is 16. The number of phosphoric acid groups is 1. The van der Waals surface area contributed by atoms with Gasteiger partial charge in [0.1, 0.15) is 12.6 Å². The number of nitrogens with two attached hydrogens (primary N) is 1. The van der Waals surface area contributed by atoms with Crippen molar-refractivity contribution in [3.63, 3.8) is 0 Å². The number of aliphatic hydroxyl groups is 1. The van der Waals surface area contributed by atoms with E-state index in [9.17, 15) is 28.9 Å². The molecule has 0 aromatic heterocycles. The normalized spacial score (nSPS) is 15.2. The minimum Gasteiger partial charge on any atom is -0.480 e. The predicted octanol–water partition coefficient (Wildman–Crippen LogP) is 10.8. The van der Waals surface area contributed by atoms with Gasteiger partial charge in [-0.1, -0.05) is 155 Å². The van der Waals surface area contributed by atoms with Crippen molar-refractivity contribution >= 4 is 25.7 Å². The van der Waals surface area contributed by atoms with Gasteiger partial charge in [-0.15, -0.1) is 0 Å². The fraction of sp³-hybridized carbons (Fsp3) is 0.562. The Labute approximate surface area is 366 Å². The number of esters is 2. The molecule has 344 valence electrons. The maximum Gasteiger partial charge on any atom is 0.472 e. The monoisotopic (exact) mass is 874 g/mol. The van der Waals surface area contributed by atoms with E-state index in [0.29, 0.717) is 19.3 Å². The predicted molar refractivity (Wildman–Crippen MR) is 246 cm³/mol. The van der Waals surface area contributed by atoms with Crippen molar-refractivity contribution in [2.45, 2.75) is 154 Å². The summed E-state index contributed by atoms with van der Waals surface area (Å²) in [5.74, 6) is -2.67. The van der Waals surface area contributed by atoms with E-state index >= 15 is 0 Å². The summed E-state index contributed by atoms with van der Waals surface area (Å²) < 4.78 is 32.5. The highest BCUT2D eigenvalue weighted by atomic mass is 31.2. The molecule has 0 aliphatic carbocycles. The van der Waals surface area contributed by atoms with Gasteiger partial charge in [-0.2, -0.15) is 0 Å². The van der Waals surface area contributed by atoms with Crippen LogP contribution in [0.3, 0.4) is 0 Å². The number of aliphatic hydroxyl groups excluding tert-OH is 1. The van der Waals surface area contributed by atoms with E-state index in [2.05, 4.69) is 79.1 Å². The average molecular weight is 874 g/mol. The number of hydrogen-bond acceptors (Lipinski definition) is 10. The number of hydrogen-bond donors (Lipinski definition) is 4. The number of phosphoric ester groups is 1. The summed E-state index contributed by atoms with van der Waals surface area (Å²) in [5, 5.41) is 19.1. The molecule has 0 aliphatic heterocycles. The van der Waals surface area contributed by atoms with Crippen LogP contribution in [0.5, 0.6) is 0 Å². The van der Waals surface area contributed by atoms with Crippen molar-refractivity contribution in [2.24, 2.45) is 5.73 Å². The van der Waals surface area contributed by atoms with Gasteiger partial charge in [0.2, 0.25) is 0 Å². The zero-order valence-corrected chi connectivity index (χ0v) is 37.7. The number of rotatable bonds is 39. The minimum atomic E-state index is -4.78. The highest BCUT2D eigenvalue weighted by Crippen LogP contribution is 2.43. The molecule has 0 saturated carbocycles. The Kier molecular flexibility index (Phi) is 38.8. The summed E-state index contributed by atoms with van der Waals surface area (Å²) in [6, 6.07) is -1.56. The Morgan fingerprint density at radius 3 is 1.77 bits per heavy atom.